The Kier molecular flexibility index (Phi) is 3.65. The first-order chi connectivity index (χ1) is 3.13. The van der Waals surface area contributed by atoms with Crippen molar-refractivity contribution in [3.8, 4) is 0 Å². The van der Waals surface area contributed by atoms with Gasteiger partial charge in [-0.3, -0.25) is 0 Å². The van der Waals surface area contributed by atoms with Gasteiger partial charge in [0.1, 0.15) is 0 Å². The molecule has 0 aliphatic rings. The van der Waals surface area contributed by atoms with Crippen molar-refractivity contribution in [3.05, 3.63) is 0 Å². The van der Waals surface area contributed by atoms with Crippen LogP contribution in [0.5, 0.6) is 0 Å². The molecule has 0 aromatic heterocycles. The molecule has 0 N–H and O–H groups in total. The van der Waals surface area contributed by atoms with Crippen LogP contribution in [-0.2, 0) is 0 Å². The average Bonchev–Trinajstić information content (AvgIpc) is 1.27. The Bertz CT molecular complexity index is 35.3. The molecule has 0 bridgehead atoms. The van der Waals surface area contributed by atoms with Crippen molar-refractivity contribution in [1.29, 1.82) is 0 Å². The zero-order chi connectivity index (χ0) is 5.86. The van der Waals surface area contributed by atoms with Gasteiger partial charge in [-0.25, -0.2) is 0 Å². The van der Waals surface area contributed by atoms with E-state index in [1.807, 2.05) is 0 Å². The van der Waals surface area contributed by atoms with Crippen molar-refractivity contribution in [1.82, 2.24) is 0 Å². The summed E-state index contributed by atoms with van der Waals surface area (Å²) in [6.45, 7) is 9.75. The van der Waals surface area contributed by atoms with Gasteiger partial charge in [-0.15, -0.1) is 0 Å². The van der Waals surface area contributed by atoms with Crippen molar-refractivity contribution in [3.63, 3.8) is 0 Å². The molecule has 0 saturated heterocycles. The van der Waals surface area contributed by atoms with Crippen LogP contribution in [0.4, 0.5) is 0 Å². The quantitative estimate of drug-likeness (QED) is 0.500. The van der Waals surface area contributed by atoms with E-state index in [1.165, 1.54) is 0 Å². The summed E-state index contributed by atoms with van der Waals surface area (Å²) in [5.74, 6) is 0. The maximum Gasteiger partial charge on any atom is 0.0276 e. The minimum absolute atomic E-state index is 0.167. The van der Waals surface area contributed by atoms with Gasteiger partial charge in [-0.1, -0.05) is 31.9 Å². The van der Waals surface area contributed by atoms with Crippen molar-refractivity contribution in [2.24, 2.45) is 0 Å². The van der Waals surface area contributed by atoms with Crippen LogP contribution in [0.15, 0.2) is 0 Å². The average molecular weight is 132 g/mol. The highest BCUT2D eigenvalue weighted by molar-refractivity contribution is 6.74. The summed E-state index contributed by atoms with van der Waals surface area (Å²) in [7, 11) is -0.333. The van der Waals surface area contributed by atoms with Gasteiger partial charge in [0.2, 0.25) is 0 Å². The highest BCUT2D eigenvalue weighted by atomic mass is 28.3. The molecule has 0 amide bonds. The largest absolute Gasteiger partial charge is 0.0724 e. The van der Waals surface area contributed by atoms with E-state index in [-0.39, 0.29) is 17.6 Å². The molecule has 0 fully saturated rings. The molecule has 0 saturated carbocycles. The first-order valence-electron chi connectivity index (χ1n) is 3.13. The van der Waals surface area contributed by atoms with E-state index in [0.29, 0.717) is 0 Å². The minimum atomic E-state index is -0.167. The van der Waals surface area contributed by atoms with Gasteiger partial charge in [0.15, 0.2) is 0 Å². The van der Waals surface area contributed by atoms with Gasteiger partial charge in [-0.2, -0.15) is 0 Å². The molecule has 44 valence electrons. The molecule has 0 aromatic carbocycles. The molecule has 7 heavy (non-hydrogen) atoms. The molecule has 0 heterocycles. The summed E-state index contributed by atoms with van der Waals surface area (Å²) in [5.41, 5.74) is 1.64. The lowest BCUT2D eigenvalue weighted by Gasteiger charge is -2.02. The van der Waals surface area contributed by atoms with Crippen LogP contribution in [-0.4, -0.2) is 17.6 Å². The predicted molar refractivity (Wildman–Crippen MR) is 42.6 cm³/mol. The lowest BCUT2D eigenvalue weighted by Crippen LogP contribution is -2.10. The lowest BCUT2D eigenvalue weighted by atomic mass is 11.8. The van der Waals surface area contributed by atoms with Crippen LogP contribution in [0.1, 0.15) is 0 Å². The molecule has 0 nitrogen and oxygen atoms in total. The molecule has 2 heteroatoms. The Morgan fingerprint density at radius 1 is 0.857 bits per heavy atom. The van der Waals surface area contributed by atoms with Gasteiger partial charge in [0.25, 0.3) is 0 Å². The van der Waals surface area contributed by atoms with Crippen LogP contribution in [0.25, 0.3) is 0 Å². The smallest absolute Gasteiger partial charge is 0.0276 e. The molecule has 0 radical (unpaired) electrons. The van der Waals surface area contributed by atoms with E-state index in [9.17, 15) is 0 Å². The first-order valence-corrected chi connectivity index (χ1v) is 9.38. The summed E-state index contributed by atoms with van der Waals surface area (Å²) in [5, 5.41) is 0. The monoisotopic (exact) mass is 132 g/mol. The topological polar surface area (TPSA) is 0 Å². The van der Waals surface area contributed by atoms with Crippen molar-refractivity contribution in [2.45, 2.75) is 31.9 Å². The minimum Gasteiger partial charge on any atom is -0.0724 e. The highest BCUT2D eigenvalue weighted by Crippen LogP contribution is 1.94. The summed E-state index contributed by atoms with van der Waals surface area (Å²) in [6.07, 6.45) is 0. The number of hydrogen-bond donors (Lipinski definition) is 0. The SMILES string of the molecule is C[SiH](C)C[SiH](C)C. The molecule has 0 aromatic rings. The number of hydrogen-bond acceptors (Lipinski definition) is 0. The van der Waals surface area contributed by atoms with Gasteiger partial charge in [0.05, 0.1) is 0 Å². The second kappa shape index (κ2) is 3.44. The Balaban J connectivity index is 2.95. The fourth-order valence-electron chi connectivity index (χ4n) is 0.943. The lowest BCUT2D eigenvalue weighted by molar-refractivity contribution is 1.71. The highest BCUT2D eigenvalue weighted by Gasteiger charge is 1.98. The molecule has 0 spiro atoms. The molecular formula is C5H16Si2. The summed E-state index contributed by atoms with van der Waals surface area (Å²) in [6, 6.07) is 0. The van der Waals surface area contributed by atoms with E-state index in [0.717, 1.165) is 0 Å². The molecule has 0 aliphatic heterocycles. The molecule has 0 atom stereocenters. The molecule has 0 aliphatic carbocycles. The van der Waals surface area contributed by atoms with E-state index < -0.39 is 0 Å². The van der Waals surface area contributed by atoms with E-state index >= 15 is 0 Å². The van der Waals surface area contributed by atoms with E-state index in [1.54, 1.807) is 5.67 Å². The fraction of sp³-hybridized carbons (Fsp3) is 1.00. The van der Waals surface area contributed by atoms with Crippen molar-refractivity contribution in [2.75, 3.05) is 0 Å². The third kappa shape index (κ3) is 6.43. The van der Waals surface area contributed by atoms with Crippen LogP contribution < -0.4 is 0 Å². The summed E-state index contributed by atoms with van der Waals surface area (Å²) < 4.78 is 0. The third-order valence-corrected chi connectivity index (χ3v) is 8.49. The Morgan fingerprint density at radius 2 is 1.14 bits per heavy atom. The molecule has 0 unspecified atom stereocenters. The van der Waals surface area contributed by atoms with Crippen molar-refractivity contribution < 1.29 is 0 Å². The van der Waals surface area contributed by atoms with Gasteiger partial charge < -0.3 is 0 Å². The second-order valence-corrected chi connectivity index (χ2v) is 10.5. The number of rotatable bonds is 2. The molecular weight excluding hydrogens is 116 g/mol. The Hall–Kier alpha value is 0.434. The zero-order valence-corrected chi connectivity index (χ0v) is 8.17. The summed E-state index contributed by atoms with van der Waals surface area (Å²) in [4.78, 5) is 0. The zero-order valence-electron chi connectivity index (χ0n) is 5.86. The normalized spacial score (nSPS) is 11.1. The van der Waals surface area contributed by atoms with Crippen molar-refractivity contribution >= 4 is 17.6 Å². The maximum absolute atomic E-state index is 2.44. The predicted octanol–water partition coefficient (Wildman–Crippen LogP) is 1.50. The Morgan fingerprint density at radius 3 is 1.14 bits per heavy atom. The van der Waals surface area contributed by atoms with Gasteiger partial charge in [-0.05, 0) is 0 Å². The van der Waals surface area contributed by atoms with Gasteiger partial charge in [0, 0.05) is 17.6 Å². The third-order valence-electron chi connectivity index (χ3n) is 0.943. The fourth-order valence-corrected chi connectivity index (χ4v) is 8.49. The van der Waals surface area contributed by atoms with Crippen LogP contribution in [0, 0.1) is 0 Å². The van der Waals surface area contributed by atoms with Gasteiger partial charge >= 0.3 is 0 Å². The first kappa shape index (κ1) is 7.43. The molecule has 0 rings (SSSR count). The Labute approximate surface area is 50.2 Å². The van der Waals surface area contributed by atoms with Crippen LogP contribution in [0.2, 0.25) is 31.9 Å². The second-order valence-electron chi connectivity index (χ2n) is 3.02. The summed E-state index contributed by atoms with van der Waals surface area (Å²) >= 11 is 0. The van der Waals surface area contributed by atoms with E-state index in [2.05, 4.69) is 26.2 Å². The van der Waals surface area contributed by atoms with E-state index in [4.69, 9.17) is 0 Å². The van der Waals surface area contributed by atoms with Crippen LogP contribution >= 0.6 is 0 Å². The maximum atomic E-state index is 2.44. The van der Waals surface area contributed by atoms with Crippen LogP contribution in [0.3, 0.4) is 0 Å². The standard InChI is InChI=1S/C5H16Si2/c1-6(2)5-7(3)4/h6-7H,5H2,1-4H3.